The molecule has 3 aromatic rings. The van der Waals surface area contributed by atoms with Gasteiger partial charge in [-0.05, 0) is 49.4 Å². The third-order valence-corrected chi connectivity index (χ3v) is 5.46. The fraction of sp³-hybridized carbons (Fsp3) is 0.100. The van der Waals surface area contributed by atoms with Crippen LogP contribution in [0.3, 0.4) is 0 Å². The van der Waals surface area contributed by atoms with E-state index in [9.17, 15) is 8.42 Å². The van der Waals surface area contributed by atoms with Crippen LogP contribution in [0.15, 0.2) is 82.2 Å². The van der Waals surface area contributed by atoms with Gasteiger partial charge in [0.25, 0.3) is 10.0 Å². The van der Waals surface area contributed by atoms with Gasteiger partial charge in [0.1, 0.15) is 22.1 Å². The van der Waals surface area contributed by atoms with Crippen LogP contribution in [0.1, 0.15) is 6.92 Å². The maximum Gasteiger partial charge on any atom is 0.265 e. The number of benzene rings is 3. The van der Waals surface area contributed by atoms with E-state index in [1.807, 2.05) is 30.3 Å². The molecule has 0 saturated carbocycles. The van der Waals surface area contributed by atoms with Crippen molar-refractivity contribution in [3.63, 3.8) is 0 Å². The van der Waals surface area contributed by atoms with Crippen molar-refractivity contribution in [2.75, 3.05) is 11.3 Å². The van der Waals surface area contributed by atoms with Crippen molar-refractivity contribution < 1.29 is 17.9 Å². The van der Waals surface area contributed by atoms with E-state index < -0.39 is 10.0 Å². The van der Waals surface area contributed by atoms with Crippen molar-refractivity contribution in [2.24, 2.45) is 0 Å². The van der Waals surface area contributed by atoms with Gasteiger partial charge in [-0.2, -0.15) is 0 Å². The van der Waals surface area contributed by atoms with E-state index >= 15 is 0 Å². The molecule has 5 nitrogen and oxygen atoms in total. The Balaban J connectivity index is 1.86. The predicted octanol–water partition coefficient (Wildman–Crippen LogP) is 5.44. The Labute approximate surface area is 167 Å². The Morgan fingerprint density at radius 3 is 2.41 bits per heavy atom. The average molecular weight is 448 g/mol. The fourth-order valence-corrected chi connectivity index (χ4v) is 4.16. The van der Waals surface area contributed by atoms with Crippen molar-refractivity contribution >= 4 is 31.6 Å². The molecule has 0 aromatic heterocycles. The summed E-state index contributed by atoms with van der Waals surface area (Å²) < 4.78 is 40.2. The number of anilines is 1. The van der Waals surface area contributed by atoms with Crippen LogP contribution in [-0.2, 0) is 10.0 Å². The van der Waals surface area contributed by atoms with Gasteiger partial charge in [-0.15, -0.1) is 0 Å². The van der Waals surface area contributed by atoms with Gasteiger partial charge in [-0.25, -0.2) is 8.42 Å². The van der Waals surface area contributed by atoms with E-state index in [0.717, 1.165) is 0 Å². The van der Waals surface area contributed by atoms with Crippen LogP contribution in [-0.4, -0.2) is 15.0 Å². The average Bonchev–Trinajstić information content (AvgIpc) is 2.64. The number of halogens is 1. The molecule has 0 aliphatic carbocycles. The molecule has 0 amide bonds. The molecule has 7 heteroatoms. The lowest BCUT2D eigenvalue weighted by molar-refractivity contribution is 0.331. The molecule has 0 unspecified atom stereocenters. The molecule has 0 aliphatic heterocycles. The Morgan fingerprint density at radius 2 is 1.67 bits per heavy atom. The monoisotopic (exact) mass is 447 g/mol. The highest BCUT2D eigenvalue weighted by atomic mass is 79.9. The molecule has 0 fully saturated rings. The number of rotatable bonds is 7. The normalized spacial score (nSPS) is 11.0. The zero-order valence-corrected chi connectivity index (χ0v) is 17.0. The summed E-state index contributed by atoms with van der Waals surface area (Å²) in [6.45, 7) is 2.17. The van der Waals surface area contributed by atoms with E-state index in [1.54, 1.807) is 43.3 Å². The molecular weight excluding hydrogens is 430 g/mol. The minimum Gasteiger partial charge on any atom is -0.492 e. The van der Waals surface area contributed by atoms with Crippen LogP contribution in [0.25, 0.3) is 0 Å². The molecule has 0 radical (unpaired) electrons. The minimum atomic E-state index is -3.84. The van der Waals surface area contributed by atoms with Crippen LogP contribution < -0.4 is 14.2 Å². The van der Waals surface area contributed by atoms with Gasteiger partial charge in [-0.3, -0.25) is 4.72 Å². The van der Waals surface area contributed by atoms with Crippen molar-refractivity contribution in [3.05, 3.63) is 77.3 Å². The summed E-state index contributed by atoms with van der Waals surface area (Å²) in [6.07, 6.45) is 0. The Kier molecular flexibility index (Phi) is 6.03. The van der Waals surface area contributed by atoms with Crippen LogP contribution in [0.4, 0.5) is 5.69 Å². The summed E-state index contributed by atoms with van der Waals surface area (Å²) >= 11 is 3.31. The lowest BCUT2D eigenvalue weighted by atomic mass is 10.3. The van der Waals surface area contributed by atoms with Crippen LogP contribution in [0, 0.1) is 0 Å². The highest BCUT2D eigenvalue weighted by molar-refractivity contribution is 9.10. The smallest absolute Gasteiger partial charge is 0.265 e. The van der Waals surface area contributed by atoms with Gasteiger partial charge in [0, 0.05) is 10.5 Å². The lowest BCUT2D eigenvalue weighted by Crippen LogP contribution is -2.14. The molecule has 0 atom stereocenters. The molecule has 3 aromatic carbocycles. The highest BCUT2D eigenvalue weighted by Gasteiger charge is 2.20. The number of ether oxygens (including phenoxy) is 2. The lowest BCUT2D eigenvalue weighted by Gasteiger charge is -2.14. The fourth-order valence-electron chi connectivity index (χ4n) is 2.42. The Bertz CT molecular complexity index is 1020. The zero-order valence-electron chi connectivity index (χ0n) is 14.6. The first-order valence-electron chi connectivity index (χ1n) is 8.26. The second-order valence-electron chi connectivity index (χ2n) is 5.57. The van der Waals surface area contributed by atoms with E-state index in [4.69, 9.17) is 9.47 Å². The van der Waals surface area contributed by atoms with Crippen LogP contribution >= 0.6 is 15.9 Å². The SMILES string of the molecule is CCOc1ccc(Br)cc1S(=O)(=O)Nc1cccc(Oc2ccccc2)c1. The maximum atomic E-state index is 12.9. The van der Waals surface area contributed by atoms with E-state index in [2.05, 4.69) is 20.7 Å². The molecular formula is C20H18BrNO4S. The minimum absolute atomic E-state index is 0.0631. The predicted molar refractivity (Wildman–Crippen MR) is 109 cm³/mol. The number of para-hydroxylation sites is 1. The van der Waals surface area contributed by atoms with Gasteiger partial charge < -0.3 is 9.47 Å². The standard InChI is InChI=1S/C20H18BrNO4S/c1-2-25-19-12-11-15(21)13-20(19)27(23,24)22-16-7-6-10-18(14-16)26-17-8-4-3-5-9-17/h3-14,22H,2H2,1H3. The topological polar surface area (TPSA) is 64.6 Å². The van der Waals surface area contributed by atoms with Crippen LogP contribution in [0.2, 0.25) is 0 Å². The Morgan fingerprint density at radius 1 is 0.926 bits per heavy atom. The summed E-state index contributed by atoms with van der Waals surface area (Å²) in [5, 5.41) is 0. The summed E-state index contributed by atoms with van der Waals surface area (Å²) in [6, 6.07) is 20.9. The quantitative estimate of drug-likeness (QED) is 0.523. The highest BCUT2D eigenvalue weighted by Crippen LogP contribution is 2.30. The summed E-state index contributed by atoms with van der Waals surface area (Å²) in [7, 11) is -3.84. The van der Waals surface area contributed by atoms with Gasteiger partial charge in [0.2, 0.25) is 0 Å². The molecule has 0 heterocycles. The summed E-state index contributed by atoms with van der Waals surface area (Å²) in [4.78, 5) is 0.0631. The van der Waals surface area contributed by atoms with E-state index in [1.165, 1.54) is 6.07 Å². The zero-order chi connectivity index (χ0) is 19.3. The first-order valence-corrected chi connectivity index (χ1v) is 10.5. The van der Waals surface area contributed by atoms with E-state index in [0.29, 0.717) is 34.0 Å². The van der Waals surface area contributed by atoms with Crippen molar-refractivity contribution in [1.29, 1.82) is 0 Å². The summed E-state index contributed by atoms with van der Waals surface area (Å²) in [5.41, 5.74) is 0.394. The van der Waals surface area contributed by atoms with Crippen LogP contribution in [0.5, 0.6) is 17.2 Å². The molecule has 0 bridgehead atoms. The molecule has 0 aliphatic rings. The molecule has 140 valence electrons. The van der Waals surface area contributed by atoms with Gasteiger partial charge in [0.15, 0.2) is 0 Å². The first-order chi connectivity index (χ1) is 13.0. The van der Waals surface area contributed by atoms with Crippen molar-refractivity contribution in [2.45, 2.75) is 11.8 Å². The van der Waals surface area contributed by atoms with Crippen molar-refractivity contribution in [3.8, 4) is 17.2 Å². The number of sulfonamides is 1. The second kappa shape index (κ2) is 8.45. The van der Waals surface area contributed by atoms with Gasteiger partial charge >= 0.3 is 0 Å². The number of hydrogen-bond acceptors (Lipinski definition) is 4. The third-order valence-electron chi connectivity index (χ3n) is 3.56. The van der Waals surface area contributed by atoms with Gasteiger partial charge in [0.05, 0.1) is 12.3 Å². The van der Waals surface area contributed by atoms with Crippen molar-refractivity contribution in [1.82, 2.24) is 0 Å². The molecule has 3 rings (SSSR count). The number of hydrogen-bond donors (Lipinski definition) is 1. The molecule has 0 saturated heterocycles. The first kappa shape index (κ1) is 19.3. The third kappa shape index (κ3) is 5.02. The Hall–Kier alpha value is -2.51. The summed E-state index contributed by atoms with van der Waals surface area (Å²) in [5.74, 6) is 1.49. The largest absolute Gasteiger partial charge is 0.492 e. The number of nitrogens with one attached hydrogen (secondary N) is 1. The van der Waals surface area contributed by atoms with Gasteiger partial charge in [-0.1, -0.05) is 40.2 Å². The molecule has 27 heavy (non-hydrogen) atoms. The maximum absolute atomic E-state index is 12.9. The molecule has 1 N–H and O–H groups in total. The molecule has 0 spiro atoms. The second-order valence-corrected chi connectivity index (χ2v) is 8.14. The van der Waals surface area contributed by atoms with E-state index in [-0.39, 0.29) is 4.90 Å².